The summed E-state index contributed by atoms with van der Waals surface area (Å²) < 4.78 is 0. The fraction of sp³-hybridized carbons (Fsp3) is 0.143. The van der Waals surface area contributed by atoms with E-state index in [1.54, 1.807) is 0 Å². The molecule has 0 aromatic rings. The van der Waals surface area contributed by atoms with Gasteiger partial charge in [-0.3, -0.25) is 6.08 Å². The molecule has 1 aliphatic carbocycles. The maximum atomic E-state index is 8.47. The van der Waals surface area contributed by atoms with Gasteiger partial charge in [-0.2, -0.15) is 6.08 Å². The van der Waals surface area contributed by atoms with Gasteiger partial charge in [0, 0.05) is 38.7 Å². The maximum absolute atomic E-state index is 8.47. The molecule has 0 saturated carbocycles. The van der Waals surface area contributed by atoms with Crippen LogP contribution < -0.4 is 0 Å². The molecule has 2 N–H and O–H groups in total. The van der Waals surface area contributed by atoms with Crippen LogP contribution in [0.4, 0.5) is 0 Å². The number of amides is 2. The average molecular weight is 332 g/mol. The molecule has 4 nitrogen and oxygen atoms in total. The summed E-state index contributed by atoms with van der Waals surface area (Å²) in [6.07, 6.45) is 10.0. The largest absolute Gasteiger partial charge is 0.671 e. The van der Waals surface area contributed by atoms with Gasteiger partial charge in [-0.25, -0.2) is 12.2 Å². The van der Waals surface area contributed by atoms with Crippen molar-refractivity contribution in [3.63, 3.8) is 0 Å². The summed E-state index contributed by atoms with van der Waals surface area (Å²) in [5.41, 5.74) is 11.1. The Balaban J connectivity index is -0.000000104. The van der Waals surface area contributed by atoms with Crippen LogP contribution in [0.15, 0.2) is 18.2 Å². The number of hydrogen-bond acceptors (Lipinski definition) is 2. The number of nitrogens with one attached hydrogen (secondary N) is 2. The number of hydrogen-bond donors (Lipinski definition) is 0. The van der Waals surface area contributed by atoms with Crippen molar-refractivity contribution >= 4 is 12.8 Å². The van der Waals surface area contributed by atoms with Crippen LogP contribution in [0.2, 0.25) is 0 Å². The van der Waals surface area contributed by atoms with Gasteiger partial charge in [0.05, 0.1) is 0 Å². The van der Waals surface area contributed by atoms with Crippen LogP contribution in [0.5, 0.6) is 0 Å². The molecule has 66 valence electrons. The van der Waals surface area contributed by atoms with Crippen molar-refractivity contribution in [2.75, 3.05) is 0 Å². The summed E-state index contributed by atoms with van der Waals surface area (Å²) in [7, 11) is 0. The van der Waals surface area contributed by atoms with E-state index in [-0.39, 0.29) is 38.7 Å². The molecule has 0 heterocycles. The summed E-state index contributed by atoms with van der Waals surface area (Å²) in [4.78, 5) is 16.9. The van der Waals surface area contributed by atoms with Crippen LogP contribution in [0.1, 0.15) is 6.42 Å². The first-order valence-electron chi connectivity index (χ1n) is 2.77. The molecule has 0 radical (unpaired) electrons. The maximum Gasteiger partial charge on any atom is 0.0344 e. The standard InChI is InChI=1S/C5H5.2CH3NO.Hf/c1-2-4-5-3-1;2*2-1-3;/h1-3H,4H2;2*1H,(H2,2,3);/q-1;;;/p-2. The third kappa shape index (κ3) is 34.7. The molecule has 1 aliphatic rings. The quantitative estimate of drug-likeness (QED) is 0.384. The third-order valence-electron chi connectivity index (χ3n) is 0.586. The Bertz CT molecular complexity index is 130. The molecule has 12 heavy (non-hydrogen) atoms. The Morgan fingerprint density at radius 2 is 1.67 bits per heavy atom. The number of allylic oxidation sites excluding steroid dienone is 4. The number of carbonyl (C=O) groups excluding carboxylic acids is 2. The summed E-state index contributed by atoms with van der Waals surface area (Å²) in [6, 6.07) is 0. The Labute approximate surface area is 90.5 Å². The number of carbonyl (C=O) groups is 2. The average Bonchev–Trinajstić information content (AvgIpc) is 2.44. The van der Waals surface area contributed by atoms with Gasteiger partial charge < -0.3 is 21.1 Å². The van der Waals surface area contributed by atoms with Crippen LogP contribution in [0.3, 0.4) is 0 Å². The third-order valence-corrected chi connectivity index (χ3v) is 0.586. The molecule has 0 atom stereocenters. The second-order valence-electron chi connectivity index (χ2n) is 1.24. The van der Waals surface area contributed by atoms with Gasteiger partial charge >= 0.3 is 0 Å². The topological polar surface area (TPSA) is 81.7 Å². The molecular weight excluding hydrogens is 323 g/mol. The van der Waals surface area contributed by atoms with E-state index in [1.165, 1.54) is 0 Å². The molecule has 0 fully saturated rings. The van der Waals surface area contributed by atoms with E-state index in [1.807, 2.05) is 12.2 Å². The predicted octanol–water partition coefficient (Wildman–Crippen LogP) is 1.69. The Morgan fingerprint density at radius 3 is 1.75 bits per heavy atom. The molecule has 0 aromatic heterocycles. The Morgan fingerprint density at radius 1 is 1.25 bits per heavy atom. The molecule has 1 rings (SSSR count). The van der Waals surface area contributed by atoms with Crippen molar-refractivity contribution in [3.05, 3.63) is 35.8 Å². The van der Waals surface area contributed by atoms with Crippen molar-refractivity contribution < 1.29 is 35.4 Å². The molecule has 2 amide bonds. The van der Waals surface area contributed by atoms with Crippen molar-refractivity contribution in [3.8, 4) is 0 Å². The first-order valence-corrected chi connectivity index (χ1v) is 2.77. The molecule has 0 aliphatic heterocycles. The molecular formula is C7H9HfN2O2-3. The van der Waals surface area contributed by atoms with Crippen LogP contribution in [-0.2, 0) is 35.4 Å². The van der Waals surface area contributed by atoms with E-state index >= 15 is 0 Å². The van der Waals surface area contributed by atoms with Gasteiger partial charge in [-0.1, -0.05) is 0 Å². The van der Waals surface area contributed by atoms with Gasteiger partial charge in [0.1, 0.15) is 0 Å². The van der Waals surface area contributed by atoms with Crippen LogP contribution in [0.25, 0.3) is 11.5 Å². The van der Waals surface area contributed by atoms with E-state index in [2.05, 4.69) is 12.2 Å². The first kappa shape index (κ1) is 17.4. The zero-order valence-corrected chi connectivity index (χ0v) is 10.0. The van der Waals surface area contributed by atoms with E-state index in [0.29, 0.717) is 0 Å². The normalized spacial score (nSPS) is 9.33. The van der Waals surface area contributed by atoms with Crippen LogP contribution in [-0.4, -0.2) is 12.8 Å². The minimum absolute atomic E-state index is 0. The minimum atomic E-state index is 0. The van der Waals surface area contributed by atoms with E-state index in [4.69, 9.17) is 21.1 Å². The van der Waals surface area contributed by atoms with Gasteiger partial charge in [0.2, 0.25) is 0 Å². The summed E-state index contributed by atoms with van der Waals surface area (Å²) >= 11 is 0. The molecule has 0 spiro atoms. The molecule has 0 aromatic carbocycles. The Kier molecular flexibility index (Phi) is 32.5. The van der Waals surface area contributed by atoms with E-state index in [9.17, 15) is 0 Å². The monoisotopic (exact) mass is 333 g/mol. The zero-order valence-electron chi connectivity index (χ0n) is 6.41. The summed E-state index contributed by atoms with van der Waals surface area (Å²) in [5, 5.41) is 0. The van der Waals surface area contributed by atoms with Crippen LogP contribution >= 0.6 is 0 Å². The molecule has 0 bridgehead atoms. The van der Waals surface area contributed by atoms with Crippen molar-refractivity contribution in [2.45, 2.75) is 6.42 Å². The SMILES string of the molecule is [C-]1=CC=CC1.[Hf].[NH-]C=O.[NH-]C=O. The van der Waals surface area contributed by atoms with Crippen molar-refractivity contribution in [2.24, 2.45) is 0 Å². The van der Waals surface area contributed by atoms with Crippen molar-refractivity contribution in [1.82, 2.24) is 0 Å². The Hall–Kier alpha value is -0.710. The van der Waals surface area contributed by atoms with Gasteiger partial charge in [0.15, 0.2) is 0 Å². The zero-order chi connectivity index (χ0) is 8.95. The van der Waals surface area contributed by atoms with Gasteiger partial charge in [-0.05, 0) is 0 Å². The smallest absolute Gasteiger partial charge is 0.0344 e. The predicted molar refractivity (Wildman–Crippen MR) is 42.3 cm³/mol. The molecule has 0 unspecified atom stereocenters. The van der Waals surface area contributed by atoms with Gasteiger partial charge in [-0.15, -0.1) is 6.42 Å². The fourth-order valence-electron chi connectivity index (χ4n) is 0.340. The molecule has 5 heteroatoms. The van der Waals surface area contributed by atoms with E-state index in [0.717, 1.165) is 6.42 Å². The van der Waals surface area contributed by atoms with Gasteiger partial charge in [0.25, 0.3) is 0 Å². The number of rotatable bonds is 0. The minimum Gasteiger partial charge on any atom is -0.671 e. The van der Waals surface area contributed by atoms with Crippen molar-refractivity contribution in [1.29, 1.82) is 0 Å². The summed E-state index contributed by atoms with van der Waals surface area (Å²) in [6.45, 7) is 0. The fourth-order valence-corrected chi connectivity index (χ4v) is 0.340. The summed E-state index contributed by atoms with van der Waals surface area (Å²) in [5.74, 6) is 0. The van der Waals surface area contributed by atoms with Crippen LogP contribution in [0, 0.1) is 6.08 Å². The van der Waals surface area contributed by atoms with E-state index < -0.39 is 0 Å². The first-order chi connectivity index (χ1) is 5.33. The second-order valence-corrected chi connectivity index (χ2v) is 1.24. The molecule has 0 saturated heterocycles. The second kappa shape index (κ2) is 22.4.